The maximum absolute atomic E-state index is 11.3. The van der Waals surface area contributed by atoms with Crippen LogP contribution >= 0.6 is 0 Å². The predicted octanol–water partition coefficient (Wildman–Crippen LogP) is -0.0430. The van der Waals surface area contributed by atoms with Crippen LogP contribution in [0, 0.1) is 0 Å². The van der Waals surface area contributed by atoms with Crippen molar-refractivity contribution < 1.29 is 0 Å². The highest BCUT2D eigenvalue weighted by Crippen LogP contribution is 1.81. The van der Waals surface area contributed by atoms with E-state index in [-0.39, 0.29) is 11.2 Å². The van der Waals surface area contributed by atoms with Crippen LogP contribution in [-0.2, 0) is 13.6 Å². The van der Waals surface area contributed by atoms with Gasteiger partial charge in [0.1, 0.15) is 0 Å². The van der Waals surface area contributed by atoms with Crippen LogP contribution in [0.1, 0.15) is 13.3 Å². The summed E-state index contributed by atoms with van der Waals surface area (Å²) < 4.78 is 2.64. The average molecular weight is 168 g/mol. The lowest BCUT2D eigenvalue weighted by Crippen LogP contribution is -2.36. The summed E-state index contributed by atoms with van der Waals surface area (Å²) in [5.41, 5.74) is -0.503. The quantitative estimate of drug-likeness (QED) is 0.621. The second-order valence-corrected chi connectivity index (χ2v) is 2.69. The molecule has 66 valence electrons. The minimum atomic E-state index is -0.257. The molecule has 0 unspecified atom stereocenters. The van der Waals surface area contributed by atoms with Gasteiger partial charge in [-0.1, -0.05) is 6.92 Å². The van der Waals surface area contributed by atoms with Gasteiger partial charge in [-0.2, -0.15) is 0 Å². The number of rotatable bonds is 2. The van der Waals surface area contributed by atoms with Gasteiger partial charge in [-0.25, -0.2) is 4.79 Å². The topological polar surface area (TPSA) is 44.0 Å². The Morgan fingerprint density at radius 2 is 2.08 bits per heavy atom. The lowest BCUT2D eigenvalue weighted by atomic mass is 10.4. The first-order valence-corrected chi connectivity index (χ1v) is 3.93. The lowest BCUT2D eigenvalue weighted by molar-refractivity contribution is 0.590. The summed E-state index contributed by atoms with van der Waals surface area (Å²) in [6, 6.07) is 1.40. The van der Waals surface area contributed by atoms with Crippen LogP contribution in [0.3, 0.4) is 0 Å². The molecule has 0 saturated carbocycles. The molecule has 1 aromatic heterocycles. The molecule has 0 spiro atoms. The zero-order chi connectivity index (χ0) is 9.14. The first kappa shape index (κ1) is 8.77. The summed E-state index contributed by atoms with van der Waals surface area (Å²) in [6.07, 6.45) is 2.42. The molecule has 0 amide bonds. The van der Waals surface area contributed by atoms with Crippen LogP contribution < -0.4 is 11.2 Å². The number of nitrogens with zero attached hydrogens (tertiary/aromatic N) is 2. The van der Waals surface area contributed by atoms with Crippen LogP contribution in [0.15, 0.2) is 21.9 Å². The van der Waals surface area contributed by atoms with E-state index < -0.39 is 0 Å². The third-order valence-electron chi connectivity index (χ3n) is 1.72. The van der Waals surface area contributed by atoms with Gasteiger partial charge in [0.15, 0.2) is 0 Å². The van der Waals surface area contributed by atoms with E-state index in [4.69, 9.17) is 0 Å². The minimum Gasteiger partial charge on any atom is -0.300 e. The van der Waals surface area contributed by atoms with Crippen LogP contribution in [0.4, 0.5) is 0 Å². The average Bonchev–Trinajstić information content (AvgIpc) is 2.07. The van der Waals surface area contributed by atoms with Crippen molar-refractivity contribution >= 4 is 0 Å². The van der Waals surface area contributed by atoms with E-state index in [1.807, 2.05) is 6.92 Å². The summed E-state index contributed by atoms with van der Waals surface area (Å²) in [5, 5.41) is 0. The second kappa shape index (κ2) is 3.38. The van der Waals surface area contributed by atoms with Gasteiger partial charge >= 0.3 is 5.69 Å². The Hall–Kier alpha value is -1.32. The van der Waals surface area contributed by atoms with Crippen LogP contribution in [0.2, 0.25) is 0 Å². The summed E-state index contributed by atoms with van der Waals surface area (Å²) >= 11 is 0. The standard InChI is InChI=1S/C8H12N2O2/c1-3-5-10-6-4-7(11)9(2)8(10)12/h4,6H,3,5H2,1-2H3. The third kappa shape index (κ3) is 1.47. The van der Waals surface area contributed by atoms with E-state index in [0.717, 1.165) is 11.0 Å². The van der Waals surface area contributed by atoms with Crippen molar-refractivity contribution in [1.29, 1.82) is 0 Å². The van der Waals surface area contributed by atoms with Crippen molar-refractivity contribution in [3.8, 4) is 0 Å². The van der Waals surface area contributed by atoms with Crippen molar-refractivity contribution in [3.05, 3.63) is 33.1 Å². The molecule has 0 radical (unpaired) electrons. The molecule has 1 heterocycles. The first-order valence-electron chi connectivity index (χ1n) is 3.93. The van der Waals surface area contributed by atoms with Gasteiger partial charge in [-0.15, -0.1) is 0 Å². The Balaban J connectivity index is 3.27. The van der Waals surface area contributed by atoms with Gasteiger partial charge in [0, 0.05) is 25.9 Å². The second-order valence-electron chi connectivity index (χ2n) is 2.69. The van der Waals surface area contributed by atoms with E-state index in [1.165, 1.54) is 23.9 Å². The minimum absolute atomic E-state index is 0.246. The van der Waals surface area contributed by atoms with Crippen LogP contribution in [-0.4, -0.2) is 9.13 Å². The highest BCUT2D eigenvalue weighted by Gasteiger charge is 1.98. The van der Waals surface area contributed by atoms with Gasteiger partial charge in [-0.3, -0.25) is 9.36 Å². The van der Waals surface area contributed by atoms with Gasteiger partial charge in [0.2, 0.25) is 0 Å². The van der Waals surface area contributed by atoms with E-state index in [9.17, 15) is 9.59 Å². The summed E-state index contributed by atoms with van der Waals surface area (Å²) in [5.74, 6) is 0. The fourth-order valence-corrected chi connectivity index (χ4v) is 1.03. The molecular weight excluding hydrogens is 156 g/mol. The summed E-state index contributed by atoms with van der Waals surface area (Å²) in [7, 11) is 1.48. The van der Waals surface area contributed by atoms with E-state index in [1.54, 1.807) is 0 Å². The normalized spacial score (nSPS) is 10.2. The third-order valence-corrected chi connectivity index (χ3v) is 1.72. The number of aromatic nitrogens is 2. The van der Waals surface area contributed by atoms with Crippen LogP contribution in [0.5, 0.6) is 0 Å². The summed E-state index contributed by atoms with van der Waals surface area (Å²) in [6.45, 7) is 2.64. The molecule has 0 N–H and O–H groups in total. The zero-order valence-corrected chi connectivity index (χ0v) is 7.28. The molecule has 0 aliphatic carbocycles. The fourth-order valence-electron chi connectivity index (χ4n) is 1.03. The van der Waals surface area contributed by atoms with Crippen molar-refractivity contribution in [2.24, 2.45) is 7.05 Å². The molecule has 0 fully saturated rings. The highest BCUT2D eigenvalue weighted by molar-refractivity contribution is 4.84. The molecule has 0 aromatic carbocycles. The predicted molar refractivity (Wildman–Crippen MR) is 46.2 cm³/mol. The Labute approximate surface area is 70.1 Å². The molecular formula is C8H12N2O2. The molecule has 0 saturated heterocycles. The van der Waals surface area contributed by atoms with Crippen LogP contribution in [0.25, 0.3) is 0 Å². The monoisotopic (exact) mass is 168 g/mol. The van der Waals surface area contributed by atoms with E-state index in [2.05, 4.69) is 0 Å². The van der Waals surface area contributed by atoms with Crippen molar-refractivity contribution in [3.63, 3.8) is 0 Å². The molecule has 1 rings (SSSR count). The molecule has 0 aliphatic heterocycles. The van der Waals surface area contributed by atoms with E-state index in [0.29, 0.717) is 6.54 Å². The van der Waals surface area contributed by atoms with Gasteiger partial charge in [0.25, 0.3) is 5.56 Å². The molecule has 4 nitrogen and oxygen atoms in total. The number of hydrogen-bond donors (Lipinski definition) is 0. The largest absolute Gasteiger partial charge is 0.330 e. The maximum atomic E-state index is 11.3. The van der Waals surface area contributed by atoms with Gasteiger partial charge in [-0.05, 0) is 6.42 Å². The van der Waals surface area contributed by atoms with Gasteiger partial charge < -0.3 is 4.57 Å². The molecule has 12 heavy (non-hydrogen) atoms. The first-order chi connectivity index (χ1) is 5.66. The molecule has 0 atom stereocenters. The molecule has 1 aromatic rings. The molecule has 0 bridgehead atoms. The van der Waals surface area contributed by atoms with E-state index >= 15 is 0 Å². The van der Waals surface area contributed by atoms with Crippen molar-refractivity contribution in [2.45, 2.75) is 19.9 Å². The van der Waals surface area contributed by atoms with Crippen molar-refractivity contribution in [1.82, 2.24) is 9.13 Å². The number of aryl methyl sites for hydroxylation is 1. The smallest absolute Gasteiger partial charge is 0.300 e. The lowest BCUT2D eigenvalue weighted by Gasteiger charge is -2.03. The maximum Gasteiger partial charge on any atom is 0.330 e. The Morgan fingerprint density at radius 1 is 1.42 bits per heavy atom. The Kier molecular flexibility index (Phi) is 2.47. The van der Waals surface area contributed by atoms with Gasteiger partial charge in [0.05, 0.1) is 0 Å². The molecule has 0 aliphatic rings. The Bertz CT molecular complexity index is 375. The number of hydrogen-bond acceptors (Lipinski definition) is 2. The highest BCUT2D eigenvalue weighted by atomic mass is 16.2. The summed E-state index contributed by atoms with van der Waals surface area (Å²) in [4.78, 5) is 22.3. The SMILES string of the molecule is CCCn1ccc(=O)n(C)c1=O. The fraction of sp³-hybridized carbons (Fsp3) is 0.500. The van der Waals surface area contributed by atoms with Crippen molar-refractivity contribution in [2.75, 3.05) is 0 Å². The zero-order valence-electron chi connectivity index (χ0n) is 7.28. The molecule has 4 heteroatoms. The Morgan fingerprint density at radius 3 is 2.67 bits per heavy atom.